The van der Waals surface area contributed by atoms with E-state index in [4.69, 9.17) is 4.84 Å². The molecule has 22 heavy (non-hydrogen) atoms. The summed E-state index contributed by atoms with van der Waals surface area (Å²) in [6, 6.07) is 8.17. The predicted octanol–water partition coefficient (Wildman–Crippen LogP) is 2.91. The van der Waals surface area contributed by atoms with Crippen LogP contribution in [-0.4, -0.2) is 35.7 Å². The Morgan fingerprint density at radius 2 is 2.23 bits per heavy atom. The van der Waals surface area contributed by atoms with Crippen LogP contribution < -0.4 is 0 Å². The fraction of sp³-hybridized carbons (Fsp3) is 0.444. The molecule has 0 N–H and O–H groups in total. The van der Waals surface area contributed by atoms with E-state index in [9.17, 15) is 4.79 Å². The Morgan fingerprint density at radius 3 is 2.91 bits per heavy atom. The third kappa shape index (κ3) is 3.21. The van der Waals surface area contributed by atoms with Gasteiger partial charge in [0.15, 0.2) is 6.10 Å². The van der Waals surface area contributed by atoms with Gasteiger partial charge in [-0.25, -0.2) is 0 Å². The molecule has 0 radical (unpaired) electrons. The van der Waals surface area contributed by atoms with Crippen LogP contribution >= 0.6 is 0 Å². The van der Waals surface area contributed by atoms with Gasteiger partial charge in [0.25, 0.3) is 0 Å². The van der Waals surface area contributed by atoms with Gasteiger partial charge in [-0.2, -0.15) is 0 Å². The Balaban J connectivity index is 1.62. The maximum atomic E-state index is 12.3. The predicted molar refractivity (Wildman–Crippen MR) is 86.7 cm³/mol. The summed E-state index contributed by atoms with van der Waals surface area (Å²) >= 11 is 0. The minimum Gasteiger partial charge on any atom is -0.390 e. The SMILES string of the molecule is C=CCN(CC1CC(c2ccccc2C)=NO1)C(=O)C1CC1. The Labute approximate surface area is 131 Å². The fourth-order valence-electron chi connectivity index (χ4n) is 2.83. The first-order chi connectivity index (χ1) is 10.7. The molecule has 2 aliphatic rings. The van der Waals surface area contributed by atoms with Gasteiger partial charge in [-0.15, -0.1) is 6.58 Å². The number of amides is 1. The van der Waals surface area contributed by atoms with Crippen LogP contribution in [0.1, 0.15) is 30.4 Å². The largest absolute Gasteiger partial charge is 0.390 e. The van der Waals surface area contributed by atoms with Gasteiger partial charge in [0.05, 0.1) is 12.3 Å². The Bertz CT molecular complexity index is 605. The molecule has 1 amide bonds. The van der Waals surface area contributed by atoms with Gasteiger partial charge in [0.2, 0.25) is 5.91 Å². The molecule has 1 aromatic carbocycles. The summed E-state index contributed by atoms with van der Waals surface area (Å²) in [4.78, 5) is 19.7. The number of hydrogen-bond acceptors (Lipinski definition) is 3. The fourth-order valence-corrected chi connectivity index (χ4v) is 2.83. The summed E-state index contributed by atoms with van der Waals surface area (Å²) in [5.41, 5.74) is 3.30. The van der Waals surface area contributed by atoms with Crippen molar-refractivity contribution in [2.45, 2.75) is 32.3 Å². The first-order valence-corrected chi connectivity index (χ1v) is 7.87. The second-order valence-corrected chi connectivity index (χ2v) is 6.09. The van der Waals surface area contributed by atoms with Crippen molar-refractivity contribution in [2.75, 3.05) is 13.1 Å². The number of carbonyl (C=O) groups excluding carboxylic acids is 1. The zero-order valence-corrected chi connectivity index (χ0v) is 13.0. The lowest BCUT2D eigenvalue weighted by atomic mass is 10.0. The molecule has 0 saturated heterocycles. The highest BCUT2D eigenvalue weighted by Crippen LogP contribution is 2.31. The summed E-state index contributed by atoms with van der Waals surface area (Å²) < 4.78 is 0. The van der Waals surface area contributed by atoms with Crippen molar-refractivity contribution in [1.29, 1.82) is 0 Å². The van der Waals surface area contributed by atoms with Crippen LogP contribution in [0.2, 0.25) is 0 Å². The molecule has 1 heterocycles. The first kappa shape index (κ1) is 14.8. The van der Waals surface area contributed by atoms with E-state index >= 15 is 0 Å². The maximum Gasteiger partial charge on any atom is 0.226 e. The zero-order valence-electron chi connectivity index (χ0n) is 13.0. The van der Waals surface area contributed by atoms with E-state index in [-0.39, 0.29) is 17.9 Å². The molecule has 1 aliphatic carbocycles. The number of rotatable bonds is 6. The van der Waals surface area contributed by atoms with Crippen LogP contribution in [0, 0.1) is 12.8 Å². The molecule has 4 heteroatoms. The van der Waals surface area contributed by atoms with E-state index in [2.05, 4.69) is 30.8 Å². The van der Waals surface area contributed by atoms with Crippen molar-refractivity contribution in [2.24, 2.45) is 11.1 Å². The maximum absolute atomic E-state index is 12.3. The molecule has 3 rings (SSSR count). The highest BCUT2D eigenvalue weighted by atomic mass is 16.6. The minimum absolute atomic E-state index is 0.0581. The van der Waals surface area contributed by atoms with Crippen molar-refractivity contribution >= 4 is 11.6 Å². The van der Waals surface area contributed by atoms with E-state index in [0.717, 1.165) is 30.5 Å². The van der Waals surface area contributed by atoms with Crippen LogP contribution in [0.5, 0.6) is 0 Å². The molecule has 0 bridgehead atoms. The molecular weight excluding hydrogens is 276 g/mol. The topological polar surface area (TPSA) is 41.9 Å². The van der Waals surface area contributed by atoms with E-state index in [0.29, 0.717) is 13.1 Å². The molecule has 1 unspecified atom stereocenters. The Hall–Kier alpha value is -2.10. The molecule has 1 atom stereocenters. The van der Waals surface area contributed by atoms with Gasteiger partial charge in [-0.3, -0.25) is 4.79 Å². The van der Waals surface area contributed by atoms with Gasteiger partial charge in [-0.05, 0) is 25.3 Å². The third-order valence-corrected chi connectivity index (χ3v) is 4.20. The summed E-state index contributed by atoms with van der Waals surface area (Å²) in [5.74, 6) is 0.450. The zero-order chi connectivity index (χ0) is 15.5. The molecule has 0 aromatic heterocycles. The molecule has 0 spiro atoms. The quantitative estimate of drug-likeness (QED) is 0.758. The van der Waals surface area contributed by atoms with Crippen LogP contribution in [0.15, 0.2) is 42.1 Å². The highest BCUT2D eigenvalue weighted by molar-refractivity contribution is 6.02. The van der Waals surface area contributed by atoms with E-state index in [1.165, 1.54) is 5.56 Å². The molecule has 1 aromatic rings. The standard InChI is InChI=1S/C18H22N2O2/c1-3-10-20(18(21)14-8-9-14)12-15-11-17(19-22-15)16-7-5-4-6-13(16)2/h3-7,14-15H,1,8-12H2,2H3. The number of hydrogen-bond donors (Lipinski definition) is 0. The molecule has 1 aliphatic heterocycles. The van der Waals surface area contributed by atoms with Crippen LogP contribution in [0.3, 0.4) is 0 Å². The van der Waals surface area contributed by atoms with Crippen molar-refractivity contribution < 1.29 is 9.63 Å². The number of oxime groups is 1. The van der Waals surface area contributed by atoms with Gasteiger partial charge in [0.1, 0.15) is 0 Å². The second-order valence-electron chi connectivity index (χ2n) is 6.09. The van der Waals surface area contributed by atoms with Gasteiger partial charge >= 0.3 is 0 Å². The Kier molecular flexibility index (Phi) is 4.27. The lowest BCUT2D eigenvalue weighted by molar-refractivity contribution is -0.133. The van der Waals surface area contributed by atoms with Crippen molar-refractivity contribution in [3.05, 3.63) is 48.0 Å². The van der Waals surface area contributed by atoms with Crippen LogP contribution in [0.25, 0.3) is 0 Å². The Morgan fingerprint density at radius 1 is 1.45 bits per heavy atom. The van der Waals surface area contributed by atoms with E-state index in [1.807, 2.05) is 17.0 Å². The summed E-state index contributed by atoms with van der Waals surface area (Å²) in [6.45, 7) is 6.99. The van der Waals surface area contributed by atoms with Crippen LogP contribution in [-0.2, 0) is 9.63 Å². The smallest absolute Gasteiger partial charge is 0.226 e. The van der Waals surface area contributed by atoms with Gasteiger partial charge < -0.3 is 9.74 Å². The number of nitrogens with zero attached hydrogens (tertiary/aromatic N) is 2. The third-order valence-electron chi connectivity index (χ3n) is 4.20. The van der Waals surface area contributed by atoms with E-state index < -0.39 is 0 Å². The van der Waals surface area contributed by atoms with E-state index in [1.54, 1.807) is 6.08 Å². The number of benzene rings is 1. The normalized spacial score (nSPS) is 20.2. The van der Waals surface area contributed by atoms with Gasteiger partial charge in [0, 0.05) is 24.4 Å². The average molecular weight is 298 g/mol. The summed E-state index contributed by atoms with van der Waals surface area (Å²) in [7, 11) is 0. The number of aryl methyl sites for hydroxylation is 1. The molecular formula is C18H22N2O2. The molecule has 116 valence electrons. The van der Waals surface area contributed by atoms with Gasteiger partial charge in [-0.1, -0.05) is 35.5 Å². The average Bonchev–Trinajstić information content (AvgIpc) is 3.27. The summed E-state index contributed by atoms with van der Waals surface area (Å²) in [6.07, 6.45) is 4.50. The summed E-state index contributed by atoms with van der Waals surface area (Å²) in [5, 5.41) is 4.23. The first-order valence-electron chi connectivity index (χ1n) is 7.87. The lowest BCUT2D eigenvalue weighted by Crippen LogP contribution is -2.38. The second kappa shape index (κ2) is 6.34. The number of carbonyl (C=O) groups is 1. The monoisotopic (exact) mass is 298 g/mol. The van der Waals surface area contributed by atoms with Crippen molar-refractivity contribution in [1.82, 2.24) is 4.90 Å². The highest BCUT2D eigenvalue weighted by Gasteiger charge is 2.35. The molecule has 1 fully saturated rings. The minimum atomic E-state index is -0.0581. The lowest BCUT2D eigenvalue weighted by Gasteiger charge is -2.23. The van der Waals surface area contributed by atoms with Crippen molar-refractivity contribution in [3.8, 4) is 0 Å². The van der Waals surface area contributed by atoms with Crippen LogP contribution in [0.4, 0.5) is 0 Å². The molecule has 1 saturated carbocycles. The van der Waals surface area contributed by atoms with Crippen molar-refractivity contribution in [3.63, 3.8) is 0 Å². The molecule has 4 nitrogen and oxygen atoms in total.